The van der Waals surface area contributed by atoms with Crippen LogP contribution in [0.25, 0.3) is 6.08 Å². The number of piperidine rings is 1. The van der Waals surface area contributed by atoms with Crippen LogP contribution in [0.15, 0.2) is 24.3 Å². The van der Waals surface area contributed by atoms with Crippen LogP contribution < -0.4 is 9.47 Å². The van der Waals surface area contributed by atoms with Gasteiger partial charge in [0.15, 0.2) is 11.5 Å². The zero-order valence-electron chi connectivity index (χ0n) is 15.7. The number of nitrogens with zero attached hydrogens (tertiary/aromatic N) is 1. The minimum absolute atomic E-state index is 0.0354. The van der Waals surface area contributed by atoms with Gasteiger partial charge in [-0.3, -0.25) is 14.5 Å². The average Bonchev–Trinajstić information content (AvgIpc) is 2.63. The molecule has 142 valence electrons. The first-order chi connectivity index (χ1) is 12.5. The van der Waals surface area contributed by atoms with Crippen LogP contribution in [0, 0.1) is 5.92 Å². The number of esters is 2. The normalized spacial score (nSPS) is 15.8. The molecule has 0 spiro atoms. The van der Waals surface area contributed by atoms with Gasteiger partial charge in [0.2, 0.25) is 0 Å². The van der Waals surface area contributed by atoms with Crippen LogP contribution in [0.5, 0.6) is 11.5 Å². The largest absolute Gasteiger partial charge is 0.493 e. The standard InChI is InChI=1S/C20H27NO5/c1-4-25-20(23)17-9-12-21(13-10-17)11-5-6-16-7-8-18(26-15(2)22)19(14-16)24-3/h5-8,14,17H,4,9-13H2,1-3H3/b6-5-. The summed E-state index contributed by atoms with van der Waals surface area (Å²) in [5, 5.41) is 0. The molecule has 1 aliphatic rings. The maximum absolute atomic E-state index is 11.8. The zero-order valence-corrected chi connectivity index (χ0v) is 15.7. The van der Waals surface area contributed by atoms with Gasteiger partial charge < -0.3 is 14.2 Å². The number of likely N-dealkylation sites (tertiary alicyclic amines) is 1. The molecule has 1 saturated heterocycles. The summed E-state index contributed by atoms with van der Waals surface area (Å²) in [7, 11) is 1.55. The number of benzene rings is 1. The second-order valence-electron chi connectivity index (χ2n) is 6.23. The minimum atomic E-state index is -0.377. The zero-order chi connectivity index (χ0) is 18.9. The molecule has 0 aliphatic carbocycles. The minimum Gasteiger partial charge on any atom is -0.493 e. The lowest BCUT2D eigenvalue weighted by Gasteiger charge is -2.29. The van der Waals surface area contributed by atoms with Crippen molar-refractivity contribution in [3.05, 3.63) is 29.8 Å². The first-order valence-corrected chi connectivity index (χ1v) is 8.95. The highest BCUT2D eigenvalue weighted by Crippen LogP contribution is 2.28. The van der Waals surface area contributed by atoms with Crippen LogP contribution in [0.1, 0.15) is 32.3 Å². The van der Waals surface area contributed by atoms with Crippen molar-refractivity contribution in [2.45, 2.75) is 26.7 Å². The molecule has 1 aliphatic heterocycles. The van der Waals surface area contributed by atoms with Gasteiger partial charge in [-0.1, -0.05) is 18.2 Å². The fourth-order valence-corrected chi connectivity index (χ4v) is 2.98. The fraction of sp³-hybridized carbons (Fsp3) is 0.500. The second kappa shape index (κ2) is 9.97. The van der Waals surface area contributed by atoms with Crippen LogP contribution in [-0.4, -0.2) is 50.2 Å². The van der Waals surface area contributed by atoms with Gasteiger partial charge in [0.05, 0.1) is 19.6 Å². The molecule has 0 N–H and O–H groups in total. The van der Waals surface area contributed by atoms with Crippen molar-refractivity contribution < 1.29 is 23.8 Å². The van der Waals surface area contributed by atoms with Crippen molar-refractivity contribution in [1.29, 1.82) is 0 Å². The van der Waals surface area contributed by atoms with Crippen molar-refractivity contribution in [2.24, 2.45) is 5.92 Å². The van der Waals surface area contributed by atoms with Gasteiger partial charge in [0.25, 0.3) is 0 Å². The first kappa shape index (κ1) is 20.0. The maximum atomic E-state index is 11.8. The predicted octanol–water partition coefficient (Wildman–Crippen LogP) is 2.91. The molecule has 0 amide bonds. The number of hydrogen-bond acceptors (Lipinski definition) is 6. The lowest BCUT2D eigenvalue weighted by Crippen LogP contribution is -2.36. The lowest BCUT2D eigenvalue weighted by atomic mass is 9.97. The van der Waals surface area contributed by atoms with E-state index < -0.39 is 0 Å². The van der Waals surface area contributed by atoms with Crippen molar-refractivity contribution in [3.8, 4) is 11.5 Å². The van der Waals surface area contributed by atoms with E-state index in [0.717, 1.165) is 38.0 Å². The summed E-state index contributed by atoms with van der Waals surface area (Å²) in [6, 6.07) is 5.44. The van der Waals surface area contributed by atoms with Gasteiger partial charge in [0, 0.05) is 13.5 Å². The Morgan fingerprint density at radius 3 is 2.58 bits per heavy atom. The van der Waals surface area contributed by atoms with E-state index in [1.807, 2.05) is 25.1 Å². The first-order valence-electron chi connectivity index (χ1n) is 8.95. The molecule has 0 bridgehead atoms. The highest BCUT2D eigenvalue weighted by atomic mass is 16.6. The molecule has 0 atom stereocenters. The van der Waals surface area contributed by atoms with Crippen molar-refractivity contribution >= 4 is 18.0 Å². The quantitative estimate of drug-likeness (QED) is 0.550. The Labute approximate surface area is 154 Å². The third-order valence-corrected chi connectivity index (χ3v) is 4.32. The van der Waals surface area contributed by atoms with Crippen LogP contribution in [0.3, 0.4) is 0 Å². The van der Waals surface area contributed by atoms with E-state index in [2.05, 4.69) is 11.0 Å². The third kappa shape index (κ3) is 5.88. The number of rotatable bonds is 7. The summed E-state index contributed by atoms with van der Waals surface area (Å²) in [5.74, 6) is 0.532. The number of ether oxygens (including phenoxy) is 3. The number of carbonyl (C=O) groups is 2. The maximum Gasteiger partial charge on any atom is 0.309 e. The molecule has 6 nitrogen and oxygen atoms in total. The molecule has 1 aromatic carbocycles. The number of hydrogen-bond donors (Lipinski definition) is 0. The topological polar surface area (TPSA) is 65.1 Å². The summed E-state index contributed by atoms with van der Waals surface area (Å²) in [6.07, 6.45) is 5.79. The second-order valence-corrected chi connectivity index (χ2v) is 6.23. The Balaban J connectivity index is 1.85. The van der Waals surface area contributed by atoms with Gasteiger partial charge in [0.1, 0.15) is 0 Å². The van der Waals surface area contributed by atoms with Crippen molar-refractivity contribution in [1.82, 2.24) is 4.90 Å². The third-order valence-electron chi connectivity index (χ3n) is 4.32. The highest BCUT2D eigenvalue weighted by Gasteiger charge is 2.25. The Morgan fingerprint density at radius 2 is 1.96 bits per heavy atom. The van der Waals surface area contributed by atoms with Gasteiger partial charge in [-0.05, 0) is 50.6 Å². The lowest BCUT2D eigenvalue weighted by molar-refractivity contribution is -0.149. The van der Waals surface area contributed by atoms with Gasteiger partial charge in [-0.2, -0.15) is 0 Å². The van der Waals surface area contributed by atoms with Crippen molar-refractivity contribution in [2.75, 3.05) is 33.4 Å². The summed E-state index contributed by atoms with van der Waals surface area (Å²) in [6.45, 7) is 6.25. The fourth-order valence-electron chi connectivity index (χ4n) is 2.98. The van der Waals surface area contributed by atoms with Gasteiger partial charge in [-0.15, -0.1) is 0 Å². The summed E-state index contributed by atoms with van der Waals surface area (Å²) in [4.78, 5) is 25.2. The molecule has 2 rings (SSSR count). The number of methoxy groups -OCH3 is 1. The Kier molecular flexibility index (Phi) is 7.66. The molecule has 26 heavy (non-hydrogen) atoms. The molecular formula is C20H27NO5. The van der Waals surface area contributed by atoms with E-state index in [-0.39, 0.29) is 17.9 Å². The van der Waals surface area contributed by atoms with Crippen LogP contribution in [0.4, 0.5) is 0 Å². The Morgan fingerprint density at radius 1 is 1.23 bits per heavy atom. The van der Waals surface area contributed by atoms with E-state index in [1.54, 1.807) is 13.2 Å². The molecule has 1 aromatic rings. The molecule has 1 heterocycles. The summed E-state index contributed by atoms with van der Waals surface area (Å²) < 4.78 is 15.5. The average molecular weight is 361 g/mol. The van der Waals surface area contributed by atoms with E-state index in [4.69, 9.17) is 14.2 Å². The molecular weight excluding hydrogens is 334 g/mol. The summed E-state index contributed by atoms with van der Waals surface area (Å²) >= 11 is 0. The van der Waals surface area contributed by atoms with Crippen LogP contribution in [-0.2, 0) is 14.3 Å². The van der Waals surface area contributed by atoms with Crippen LogP contribution in [0.2, 0.25) is 0 Å². The van der Waals surface area contributed by atoms with Gasteiger partial charge >= 0.3 is 11.9 Å². The summed E-state index contributed by atoms with van der Waals surface area (Å²) in [5.41, 5.74) is 0.971. The molecule has 0 unspecified atom stereocenters. The smallest absolute Gasteiger partial charge is 0.309 e. The van der Waals surface area contributed by atoms with Crippen molar-refractivity contribution in [3.63, 3.8) is 0 Å². The Hall–Kier alpha value is -2.34. The molecule has 0 radical (unpaired) electrons. The van der Waals surface area contributed by atoms with Gasteiger partial charge in [-0.25, -0.2) is 0 Å². The van der Waals surface area contributed by atoms with E-state index in [0.29, 0.717) is 18.1 Å². The van der Waals surface area contributed by atoms with E-state index >= 15 is 0 Å². The molecule has 6 heteroatoms. The highest BCUT2D eigenvalue weighted by molar-refractivity contribution is 5.72. The molecule has 0 saturated carbocycles. The van der Waals surface area contributed by atoms with E-state index in [9.17, 15) is 9.59 Å². The number of carbonyl (C=O) groups excluding carboxylic acids is 2. The monoisotopic (exact) mass is 361 g/mol. The molecule has 1 fully saturated rings. The SMILES string of the molecule is CCOC(=O)C1CCN(C/C=C\c2ccc(OC(C)=O)c(OC)c2)CC1. The van der Waals surface area contributed by atoms with E-state index in [1.165, 1.54) is 6.92 Å². The molecule has 0 aromatic heterocycles. The Bertz CT molecular complexity index is 648. The van der Waals surface area contributed by atoms with Crippen LogP contribution >= 0.6 is 0 Å². The predicted molar refractivity (Wildman–Crippen MR) is 99.1 cm³/mol.